The van der Waals surface area contributed by atoms with Crippen LogP contribution in [0.15, 0.2) is 0 Å². The van der Waals surface area contributed by atoms with E-state index in [1.54, 1.807) is 0 Å². The smallest absolute Gasteiger partial charge is 0.206 e. The first-order valence-corrected chi connectivity index (χ1v) is 3.38. The molecule has 0 nitrogen and oxygen atoms in total. The standard InChI is InChI=1S/C8H3F6/c1-3-2-4(9)7(11)5(6(3)10)8(12,13)14/h1H3. The number of halogens is 6. The van der Waals surface area contributed by atoms with Gasteiger partial charge in [-0.15, -0.1) is 0 Å². The molecular weight excluding hydrogens is 210 g/mol. The number of hydrogen-bond acceptors (Lipinski definition) is 0. The van der Waals surface area contributed by atoms with Gasteiger partial charge < -0.3 is 0 Å². The zero-order valence-corrected chi connectivity index (χ0v) is 6.77. The Morgan fingerprint density at radius 2 is 1.50 bits per heavy atom. The van der Waals surface area contributed by atoms with Crippen molar-refractivity contribution in [2.75, 3.05) is 0 Å². The summed E-state index contributed by atoms with van der Waals surface area (Å²) in [5, 5.41) is 0. The Bertz CT molecular complexity index is 339. The molecule has 0 unspecified atom stereocenters. The van der Waals surface area contributed by atoms with E-state index in [0.29, 0.717) is 0 Å². The summed E-state index contributed by atoms with van der Waals surface area (Å²) in [5.74, 6) is -5.94. The fourth-order valence-corrected chi connectivity index (χ4v) is 0.917. The van der Waals surface area contributed by atoms with Gasteiger partial charge in [0.1, 0.15) is 11.4 Å². The summed E-state index contributed by atoms with van der Waals surface area (Å²) in [4.78, 5) is 0. The molecule has 1 radical (unpaired) electrons. The average molecular weight is 213 g/mol. The highest BCUT2D eigenvalue weighted by Gasteiger charge is 2.39. The third kappa shape index (κ3) is 1.69. The van der Waals surface area contributed by atoms with E-state index < -0.39 is 34.8 Å². The molecule has 6 heteroatoms. The highest BCUT2D eigenvalue weighted by Crippen LogP contribution is 2.35. The zero-order chi connectivity index (χ0) is 11.1. The molecule has 0 spiro atoms. The van der Waals surface area contributed by atoms with Crippen molar-refractivity contribution in [3.63, 3.8) is 0 Å². The minimum atomic E-state index is -5.26. The van der Waals surface area contributed by atoms with Gasteiger partial charge in [-0.05, 0) is 12.5 Å². The van der Waals surface area contributed by atoms with Crippen molar-refractivity contribution in [1.29, 1.82) is 0 Å². The Hall–Kier alpha value is -1.20. The molecule has 1 aromatic rings. The normalized spacial score (nSPS) is 11.9. The Kier molecular flexibility index (Phi) is 2.47. The molecule has 1 aromatic carbocycles. The minimum absolute atomic E-state index is 0.712. The Balaban J connectivity index is 3.56. The quantitative estimate of drug-likeness (QED) is 0.458. The van der Waals surface area contributed by atoms with Gasteiger partial charge in [-0.2, -0.15) is 13.2 Å². The molecule has 77 valence electrons. The molecule has 0 fully saturated rings. The number of rotatable bonds is 0. The van der Waals surface area contributed by atoms with Gasteiger partial charge in [0.15, 0.2) is 11.6 Å². The van der Waals surface area contributed by atoms with Crippen molar-refractivity contribution in [1.82, 2.24) is 0 Å². The van der Waals surface area contributed by atoms with Crippen LogP contribution in [-0.4, -0.2) is 0 Å². The second kappa shape index (κ2) is 3.18. The summed E-state index contributed by atoms with van der Waals surface area (Å²) in [6, 6.07) is 1.50. The molecule has 0 aliphatic carbocycles. The van der Waals surface area contributed by atoms with Gasteiger partial charge in [0.2, 0.25) is 0 Å². The lowest BCUT2D eigenvalue weighted by Gasteiger charge is -2.10. The number of hydrogen-bond donors (Lipinski definition) is 0. The lowest BCUT2D eigenvalue weighted by atomic mass is 10.1. The average Bonchev–Trinajstić information content (AvgIpc) is 1.98. The molecule has 0 saturated carbocycles. The maximum absolute atomic E-state index is 12.8. The second-order valence-corrected chi connectivity index (χ2v) is 2.56. The van der Waals surface area contributed by atoms with Crippen LogP contribution in [0.3, 0.4) is 0 Å². The predicted octanol–water partition coefficient (Wildman–Crippen LogP) is 3.23. The first-order chi connectivity index (χ1) is 6.25. The lowest BCUT2D eigenvalue weighted by molar-refractivity contribution is -0.142. The molecule has 0 aromatic heterocycles. The topological polar surface area (TPSA) is 0 Å². The van der Waals surface area contributed by atoms with Gasteiger partial charge in [0, 0.05) is 6.07 Å². The van der Waals surface area contributed by atoms with Crippen LogP contribution in [0.1, 0.15) is 11.1 Å². The van der Waals surface area contributed by atoms with E-state index >= 15 is 0 Å². The van der Waals surface area contributed by atoms with Crippen molar-refractivity contribution in [3.05, 3.63) is 34.6 Å². The SMILES string of the molecule is Cc1[c]c(F)c(F)c(C(F)(F)F)c1F. The minimum Gasteiger partial charge on any atom is -0.206 e. The van der Waals surface area contributed by atoms with Gasteiger partial charge in [0.05, 0.1) is 0 Å². The van der Waals surface area contributed by atoms with E-state index in [2.05, 4.69) is 0 Å². The molecule has 0 atom stereocenters. The van der Waals surface area contributed by atoms with E-state index in [0.717, 1.165) is 6.92 Å². The van der Waals surface area contributed by atoms with Crippen LogP contribution in [0.2, 0.25) is 0 Å². The fourth-order valence-electron chi connectivity index (χ4n) is 0.917. The monoisotopic (exact) mass is 213 g/mol. The molecule has 0 saturated heterocycles. The van der Waals surface area contributed by atoms with Crippen LogP contribution in [-0.2, 0) is 6.18 Å². The van der Waals surface area contributed by atoms with Crippen LogP contribution in [0.5, 0.6) is 0 Å². The van der Waals surface area contributed by atoms with E-state index in [9.17, 15) is 26.3 Å². The van der Waals surface area contributed by atoms with Gasteiger partial charge >= 0.3 is 6.18 Å². The van der Waals surface area contributed by atoms with Crippen LogP contribution >= 0.6 is 0 Å². The number of benzene rings is 1. The van der Waals surface area contributed by atoms with Crippen LogP contribution in [0.25, 0.3) is 0 Å². The highest BCUT2D eigenvalue weighted by molar-refractivity contribution is 5.28. The van der Waals surface area contributed by atoms with E-state index in [1.165, 1.54) is 6.07 Å². The third-order valence-corrected chi connectivity index (χ3v) is 1.54. The van der Waals surface area contributed by atoms with Crippen LogP contribution in [0, 0.1) is 30.4 Å². The van der Waals surface area contributed by atoms with E-state index in [-0.39, 0.29) is 0 Å². The molecule has 0 N–H and O–H groups in total. The van der Waals surface area contributed by atoms with Gasteiger partial charge in [0.25, 0.3) is 0 Å². The summed E-state index contributed by atoms with van der Waals surface area (Å²) in [7, 11) is 0. The van der Waals surface area contributed by atoms with E-state index in [4.69, 9.17) is 0 Å². The summed E-state index contributed by atoms with van der Waals surface area (Å²) >= 11 is 0. The molecule has 0 heterocycles. The maximum Gasteiger partial charge on any atom is 0.422 e. The van der Waals surface area contributed by atoms with Gasteiger partial charge in [-0.25, -0.2) is 13.2 Å². The van der Waals surface area contributed by atoms with Crippen molar-refractivity contribution in [2.24, 2.45) is 0 Å². The van der Waals surface area contributed by atoms with Crippen LogP contribution < -0.4 is 0 Å². The summed E-state index contributed by atoms with van der Waals surface area (Å²) in [6.45, 7) is 0.868. The van der Waals surface area contributed by atoms with Crippen molar-refractivity contribution >= 4 is 0 Å². The molecule has 0 aliphatic heterocycles. The predicted molar refractivity (Wildman–Crippen MR) is 34.9 cm³/mol. The Morgan fingerprint density at radius 3 is 1.93 bits per heavy atom. The summed E-state index contributed by atoms with van der Waals surface area (Å²) in [6.07, 6.45) is -5.26. The first kappa shape index (κ1) is 10.9. The molecule has 0 amide bonds. The van der Waals surface area contributed by atoms with Crippen molar-refractivity contribution < 1.29 is 26.3 Å². The van der Waals surface area contributed by atoms with E-state index in [1.807, 2.05) is 0 Å². The summed E-state index contributed by atoms with van der Waals surface area (Å²) < 4.78 is 73.8. The molecule has 1 rings (SSSR count). The zero-order valence-electron chi connectivity index (χ0n) is 6.77. The number of alkyl halides is 3. The fraction of sp³-hybridized carbons (Fsp3) is 0.250. The molecule has 0 bridgehead atoms. The maximum atomic E-state index is 12.8. The lowest BCUT2D eigenvalue weighted by Crippen LogP contribution is -2.14. The Morgan fingerprint density at radius 1 is 1.00 bits per heavy atom. The first-order valence-electron chi connectivity index (χ1n) is 3.38. The third-order valence-electron chi connectivity index (χ3n) is 1.54. The largest absolute Gasteiger partial charge is 0.422 e. The number of aryl methyl sites for hydroxylation is 1. The second-order valence-electron chi connectivity index (χ2n) is 2.56. The van der Waals surface area contributed by atoms with Crippen molar-refractivity contribution in [3.8, 4) is 0 Å². The van der Waals surface area contributed by atoms with Crippen molar-refractivity contribution in [2.45, 2.75) is 13.1 Å². The molecule has 0 aliphatic rings. The molecular formula is C8H3F6. The van der Waals surface area contributed by atoms with Gasteiger partial charge in [-0.1, -0.05) is 0 Å². The van der Waals surface area contributed by atoms with Crippen LogP contribution in [0.4, 0.5) is 26.3 Å². The van der Waals surface area contributed by atoms with Gasteiger partial charge in [-0.3, -0.25) is 0 Å². The highest BCUT2D eigenvalue weighted by atomic mass is 19.4. The Labute approximate surface area is 75.2 Å². The molecule has 14 heavy (non-hydrogen) atoms. The summed E-state index contributed by atoms with van der Waals surface area (Å²) in [5.41, 5.74) is -2.93.